The van der Waals surface area contributed by atoms with E-state index in [2.05, 4.69) is 5.32 Å². The summed E-state index contributed by atoms with van der Waals surface area (Å²) in [6.45, 7) is 6.03. The largest absolute Gasteiger partial charge is 0.480 e. The standard InChI is InChI=1S/C28H44N4O8/c1-20(2)16-23(28(39)40)29-24(35)10-11-30(12-14-33)25(36)19-32(17-21(3)4)26(37)18-31(13-15-34)27(38)22-8-6-5-7-9-22/h5-9,20-21,23,33-34H,10-19H2,1-4H3,(H,29,35)(H,39,40)/t23-/m0/s1. The lowest BCUT2D eigenvalue weighted by Gasteiger charge is -2.30. The maximum absolute atomic E-state index is 13.3. The van der Waals surface area contributed by atoms with E-state index in [-0.39, 0.29) is 77.2 Å². The molecule has 0 heterocycles. The Kier molecular flexibility index (Phi) is 15.5. The summed E-state index contributed by atoms with van der Waals surface area (Å²) in [5.41, 5.74) is 0.362. The molecule has 0 saturated carbocycles. The van der Waals surface area contributed by atoms with Gasteiger partial charge in [0.2, 0.25) is 17.7 Å². The molecule has 12 nitrogen and oxygen atoms in total. The van der Waals surface area contributed by atoms with Gasteiger partial charge in [-0.2, -0.15) is 0 Å². The number of hydrogen-bond acceptors (Lipinski definition) is 7. The fraction of sp³-hybridized carbons (Fsp3) is 0.607. The molecule has 40 heavy (non-hydrogen) atoms. The molecule has 1 aromatic carbocycles. The number of rotatable bonds is 18. The third-order valence-electron chi connectivity index (χ3n) is 5.94. The van der Waals surface area contributed by atoms with Gasteiger partial charge in [0.05, 0.1) is 19.8 Å². The Morgan fingerprint density at radius 1 is 0.775 bits per heavy atom. The van der Waals surface area contributed by atoms with Crippen LogP contribution in [0.2, 0.25) is 0 Å². The first kappa shape index (κ1) is 34.5. The van der Waals surface area contributed by atoms with Gasteiger partial charge in [-0.1, -0.05) is 45.9 Å². The minimum atomic E-state index is -1.14. The molecule has 1 atom stereocenters. The van der Waals surface area contributed by atoms with Crippen LogP contribution in [0, 0.1) is 11.8 Å². The maximum atomic E-state index is 13.3. The molecule has 0 aliphatic heterocycles. The van der Waals surface area contributed by atoms with Gasteiger partial charge in [-0.3, -0.25) is 19.2 Å². The van der Waals surface area contributed by atoms with E-state index < -0.39 is 35.6 Å². The molecule has 4 amide bonds. The number of carbonyl (C=O) groups is 5. The Morgan fingerprint density at radius 2 is 1.32 bits per heavy atom. The molecule has 1 aromatic rings. The van der Waals surface area contributed by atoms with Crippen LogP contribution < -0.4 is 5.32 Å². The fourth-order valence-corrected chi connectivity index (χ4v) is 4.04. The molecular weight excluding hydrogens is 520 g/mol. The van der Waals surface area contributed by atoms with E-state index in [0.29, 0.717) is 5.56 Å². The second kappa shape index (κ2) is 18.0. The Morgan fingerprint density at radius 3 is 1.85 bits per heavy atom. The summed E-state index contributed by atoms with van der Waals surface area (Å²) in [5, 5.41) is 30.8. The van der Waals surface area contributed by atoms with Crippen LogP contribution in [0.3, 0.4) is 0 Å². The highest BCUT2D eigenvalue weighted by atomic mass is 16.4. The van der Waals surface area contributed by atoms with Crippen LogP contribution in [0.5, 0.6) is 0 Å². The van der Waals surface area contributed by atoms with Gasteiger partial charge in [-0.25, -0.2) is 4.79 Å². The molecule has 0 aromatic heterocycles. The number of benzene rings is 1. The lowest BCUT2D eigenvalue weighted by atomic mass is 10.0. The number of nitrogens with one attached hydrogen (secondary N) is 1. The Hall–Kier alpha value is -3.51. The van der Waals surface area contributed by atoms with Gasteiger partial charge >= 0.3 is 5.97 Å². The Balaban J connectivity index is 2.93. The first-order valence-corrected chi connectivity index (χ1v) is 13.5. The molecule has 0 aliphatic carbocycles. The van der Waals surface area contributed by atoms with E-state index in [4.69, 9.17) is 0 Å². The summed E-state index contributed by atoms with van der Waals surface area (Å²) >= 11 is 0. The topological polar surface area (TPSA) is 168 Å². The van der Waals surface area contributed by atoms with E-state index >= 15 is 0 Å². The average Bonchev–Trinajstić information content (AvgIpc) is 2.89. The third-order valence-corrected chi connectivity index (χ3v) is 5.94. The number of carbonyl (C=O) groups excluding carboxylic acids is 4. The van der Waals surface area contributed by atoms with Gasteiger partial charge in [-0.05, 0) is 30.4 Å². The number of amides is 4. The summed E-state index contributed by atoms with van der Waals surface area (Å²) in [4.78, 5) is 67.0. The zero-order valence-electron chi connectivity index (χ0n) is 23.9. The van der Waals surface area contributed by atoms with Crippen LogP contribution in [-0.2, 0) is 19.2 Å². The van der Waals surface area contributed by atoms with Crippen LogP contribution in [0.25, 0.3) is 0 Å². The zero-order valence-corrected chi connectivity index (χ0v) is 23.9. The minimum absolute atomic E-state index is 0.00107. The second-order valence-electron chi connectivity index (χ2n) is 10.4. The van der Waals surface area contributed by atoms with Crippen LogP contribution in [0.1, 0.15) is 50.9 Å². The number of hydrogen-bond donors (Lipinski definition) is 4. The fourth-order valence-electron chi connectivity index (χ4n) is 4.04. The molecule has 224 valence electrons. The van der Waals surface area contributed by atoms with Crippen LogP contribution in [-0.4, -0.2) is 118 Å². The smallest absolute Gasteiger partial charge is 0.326 e. The van der Waals surface area contributed by atoms with Gasteiger partial charge in [0.25, 0.3) is 5.91 Å². The summed E-state index contributed by atoms with van der Waals surface area (Å²) in [6, 6.07) is 7.31. The van der Waals surface area contributed by atoms with Gasteiger partial charge in [0.15, 0.2) is 0 Å². The highest BCUT2D eigenvalue weighted by molar-refractivity contribution is 5.97. The third kappa shape index (κ3) is 12.6. The molecule has 0 aliphatic rings. The van der Waals surface area contributed by atoms with Gasteiger partial charge in [0.1, 0.15) is 12.6 Å². The average molecular weight is 565 g/mol. The van der Waals surface area contributed by atoms with Crippen molar-refractivity contribution in [1.82, 2.24) is 20.0 Å². The minimum Gasteiger partial charge on any atom is -0.480 e. The zero-order chi connectivity index (χ0) is 30.2. The molecule has 4 N–H and O–H groups in total. The second-order valence-corrected chi connectivity index (χ2v) is 10.4. The van der Waals surface area contributed by atoms with E-state index in [9.17, 15) is 39.3 Å². The van der Waals surface area contributed by atoms with Crippen molar-refractivity contribution in [3.8, 4) is 0 Å². The van der Waals surface area contributed by atoms with E-state index in [1.807, 2.05) is 27.7 Å². The van der Waals surface area contributed by atoms with Crippen LogP contribution in [0.15, 0.2) is 30.3 Å². The molecule has 0 unspecified atom stereocenters. The molecular formula is C28H44N4O8. The normalized spacial score (nSPS) is 11.7. The molecule has 0 saturated heterocycles. The quantitative estimate of drug-likeness (QED) is 0.199. The molecule has 1 rings (SSSR count). The SMILES string of the molecule is CC(C)C[C@H](NC(=O)CCN(CCO)C(=O)CN(CC(C)C)C(=O)CN(CCO)C(=O)c1ccccc1)C(=O)O. The predicted molar refractivity (Wildman–Crippen MR) is 148 cm³/mol. The van der Waals surface area contributed by atoms with Crippen molar-refractivity contribution in [3.05, 3.63) is 35.9 Å². The molecule has 0 radical (unpaired) electrons. The number of aliphatic hydroxyl groups excluding tert-OH is 2. The molecule has 0 spiro atoms. The van der Waals surface area contributed by atoms with Gasteiger partial charge in [-0.15, -0.1) is 0 Å². The van der Waals surface area contributed by atoms with E-state index in [0.717, 1.165) is 0 Å². The van der Waals surface area contributed by atoms with Crippen molar-refractivity contribution in [2.24, 2.45) is 11.8 Å². The highest BCUT2D eigenvalue weighted by Gasteiger charge is 2.27. The predicted octanol–water partition coefficient (Wildman–Crippen LogP) is 0.432. The summed E-state index contributed by atoms with van der Waals surface area (Å²) in [6.07, 6.45) is 0.0777. The summed E-state index contributed by atoms with van der Waals surface area (Å²) in [5.74, 6) is -3.06. The monoisotopic (exact) mass is 564 g/mol. The maximum Gasteiger partial charge on any atom is 0.326 e. The van der Waals surface area contributed by atoms with Crippen molar-refractivity contribution >= 4 is 29.6 Å². The number of carboxylic acid groups (broad SMARTS) is 1. The molecule has 12 heteroatoms. The van der Waals surface area contributed by atoms with E-state index in [1.54, 1.807) is 30.3 Å². The Labute approximate surface area is 235 Å². The lowest BCUT2D eigenvalue weighted by Crippen LogP contribution is -2.50. The number of aliphatic hydroxyl groups is 2. The van der Waals surface area contributed by atoms with Gasteiger partial charge < -0.3 is 35.3 Å². The highest BCUT2D eigenvalue weighted by Crippen LogP contribution is 2.09. The van der Waals surface area contributed by atoms with Crippen molar-refractivity contribution in [2.45, 2.75) is 46.6 Å². The van der Waals surface area contributed by atoms with Crippen molar-refractivity contribution in [2.75, 3.05) is 52.5 Å². The van der Waals surface area contributed by atoms with Gasteiger partial charge in [0, 0.05) is 38.2 Å². The number of carboxylic acids is 1. The Bertz CT molecular complexity index is 970. The first-order valence-electron chi connectivity index (χ1n) is 13.5. The van der Waals surface area contributed by atoms with Crippen LogP contribution in [0.4, 0.5) is 0 Å². The first-order chi connectivity index (χ1) is 18.9. The van der Waals surface area contributed by atoms with E-state index in [1.165, 1.54) is 14.7 Å². The summed E-state index contributed by atoms with van der Waals surface area (Å²) < 4.78 is 0. The lowest BCUT2D eigenvalue weighted by molar-refractivity contribution is -0.143. The van der Waals surface area contributed by atoms with Crippen molar-refractivity contribution < 1.29 is 39.3 Å². The van der Waals surface area contributed by atoms with Crippen molar-refractivity contribution in [1.29, 1.82) is 0 Å². The van der Waals surface area contributed by atoms with Crippen LogP contribution >= 0.6 is 0 Å². The molecule has 0 fully saturated rings. The van der Waals surface area contributed by atoms with Crippen molar-refractivity contribution in [3.63, 3.8) is 0 Å². The number of aliphatic carboxylic acids is 1. The molecule has 0 bridgehead atoms. The number of nitrogens with zero attached hydrogens (tertiary/aromatic N) is 3. The summed E-state index contributed by atoms with van der Waals surface area (Å²) in [7, 11) is 0.